The molecule has 1 atom stereocenters. The monoisotopic (exact) mass is 181 g/mol. The lowest BCUT2D eigenvalue weighted by Gasteiger charge is -2.21. The number of aromatic carboxylic acids is 1. The van der Waals surface area contributed by atoms with Gasteiger partial charge in [0.1, 0.15) is 5.82 Å². The third-order valence-electron chi connectivity index (χ3n) is 2.22. The topological polar surface area (TPSA) is 67.2 Å². The van der Waals surface area contributed by atoms with Crippen LogP contribution in [0.2, 0.25) is 0 Å². The molecule has 13 heavy (non-hydrogen) atoms. The molecule has 1 aromatic rings. The van der Waals surface area contributed by atoms with E-state index in [1.807, 2.05) is 11.5 Å². The SMILES string of the molecule is CC1NCCn2cc(C(=O)O)nc21. The number of rotatable bonds is 1. The van der Waals surface area contributed by atoms with E-state index in [0.29, 0.717) is 0 Å². The van der Waals surface area contributed by atoms with Crippen molar-refractivity contribution < 1.29 is 9.90 Å². The maximum Gasteiger partial charge on any atom is 0.356 e. The number of nitrogens with zero attached hydrogens (tertiary/aromatic N) is 2. The summed E-state index contributed by atoms with van der Waals surface area (Å²) in [6, 6.07) is 0.141. The van der Waals surface area contributed by atoms with Crippen LogP contribution in [0.25, 0.3) is 0 Å². The first kappa shape index (κ1) is 8.25. The highest BCUT2D eigenvalue weighted by atomic mass is 16.4. The third-order valence-corrected chi connectivity index (χ3v) is 2.22. The minimum atomic E-state index is -0.964. The summed E-state index contributed by atoms with van der Waals surface area (Å²) in [6.45, 7) is 3.63. The number of carboxylic acids is 1. The van der Waals surface area contributed by atoms with Crippen LogP contribution in [-0.2, 0) is 6.54 Å². The second-order valence-electron chi connectivity index (χ2n) is 3.16. The fourth-order valence-electron chi connectivity index (χ4n) is 1.55. The molecular formula is C8H11N3O2. The van der Waals surface area contributed by atoms with Crippen molar-refractivity contribution in [2.45, 2.75) is 19.5 Å². The van der Waals surface area contributed by atoms with Crippen molar-refractivity contribution in [2.75, 3.05) is 6.54 Å². The lowest BCUT2D eigenvalue weighted by molar-refractivity contribution is 0.0691. The predicted molar refractivity (Wildman–Crippen MR) is 45.6 cm³/mol. The van der Waals surface area contributed by atoms with E-state index in [1.165, 1.54) is 0 Å². The van der Waals surface area contributed by atoms with Crippen LogP contribution < -0.4 is 5.32 Å². The Bertz CT molecular complexity index is 345. The molecule has 0 aliphatic carbocycles. The summed E-state index contributed by atoms with van der Waals surface area (Å²) >= 11 is 0. The molecule has 2 N–H and O–H groups in total. The number of hydrogen-bond donors (Lipinski definition) is 2. The fourth-order valence-corrected chi connectivity index (χ4v) is 1.55. The van der Waals surface area contributed by atoms with Gasteiger partial charge in [-0.3, -0.25) is 0 Å². The highest BCUT2D eigenvalue weighted by Gasteiger charge is 2.20. The highest BCUT2D eigenvalue weighted by molar-refractivity contribution is 5.85. The van der Waals surface area contributed by atoms with Gasteiger partial charge in [-0.2, -0.15) is 0 Å². The van der Waals surface area contributed by atoms with Gasteiger partial charge in [0.2, 0.25) is 0 Å². The zero-order valence-electron chi connectivity index (χ0n) is 7.32. The van der Waals surface area contributed by atoms with Crippen LogP contribution in [0.4, 0.5) is 0 Å². The van der Waals surface area contributed by atoms with Crippen LogP contribution in [0.15, 0.2) is 6.20 Å². The lowest BCUT2D eigenvalue weighted by atomic mass is 10.2. The molecule has 1 aliphatic rings. The van der Waals surface area contributed by atoms with Gasteiger partial charge in [-0.1, -0.05) is 0 Å². The molecule has 5 nitrogen and oxygen atoms in total. The Kier molecular flexibility index (Phi) is 1.81. The van der Waals surface area contributed by atoms with Crippen LogP contribution in [-0.4, -0.2) is 27.2 Å². The normalized spacial score (nSPS) is 21.2. The molecule has 1 unspecified atom stereocenters. The molecule has 70 valence electrons. The van der Waals surface area contributed by atoms with Crippen LogP contribution in [0.3, 0.4) is 0 Å². The van der Waals surface area contributed by atoms with Crippen molar-refractivity contribution in [2.24, 2.45) is 0 Å². The molecule has 2 rings (SSSR count). The van der Waals surface area contributed by atoms with Crippen LogP contribution in [0.1, 0.15) is 29.3 Å². The van der Waals surface area contributed by atoms with E-state index < -0.39 is 5.97 Å². The molecule has 0 fully saturated rings. The van der Waals surface area contributed by atoms with Crippen molar-refractivity contribution in [3.63, 3.8) is 0 Å². The van der Waals surface area contributed by atoms with Gasteiger partial charge in [-0.05, 0) is 6.92 Å². The zero-order chi connectivity index (χ0) is 9.42. The van der Waals surface area contributed by atoms with Gasteiger partial charge >= 0.3 is 5.97 Å². The minimum absolute atomic E-state index is 0.130. The van der Waals surface area contributed by atoms with Gasteiger partial charge in [0.05, 0.1) is 6.04 Å². The Labute approximate surface area is 75.4 Å². The molecule has 1 aromatic heterocycles. The Morgan fingerprint density at radius 3 is 3.23 bits per heavy atom. The number of carboxylic acid groups (broad SMARTS) is 1. The Morgan fingerprint density at radius 1 is 1.85 bits per heavy atom. The zero-order valence-corrected chi connectivity index (χ0v) is 7.32. The minimum Gasteiger partial charge on any atom is -0.476 e. The number of fused-ring (bicyclic) bond motifs is 1. The molecule has 0 saturated heterocycles. The summed E-state index contributed by atoms with van der Waals surface area (Å²) in [5.74, 6) is -0.155. The number of imidazole rings is 1. The average molecular weight is 181 g/mol. The molecule has 5 heteroatoms. The number of carbonyl (C=O) groups is 1. The summed E-state index contributed by atoms with van der Waals surface area (Å²) in [6.07, 6.45) is 1.59. The van der Waals surface area contributed by atoms with E-state index in [2.05, 4.69) is 10.3 Å². The second kappa shape index (κ2) is 2.85. The summed E-state index contributed by atoms with van der Waals surface area (Å²) in [4.78, 5) is 14.7. The number of aromatic nitrogens is 2. The van der Waals surface area contributed by atoms with E-state index in [1.54, 1.807) is 6.20 Å². The molecule has 0 bridgehead atoms. The highest BCUT2D eigenvalue weighted by Crippen LogP contribution is 2.15. The first-order valence-electron chi connectivity index (χ1n) is 4.22. The van der Waals surface area contributed by atoms with Gasteiger partial charge in [-0.15, -0.1) is 0 Å². The summed E-state index contributed by atoms with van der Waals surface area (Å²) in [7, 11) is 0. The predicted octanol–water partition coefficient (Wildman–Crippen LogP) is 0.245. The largest absolute Gasteiger partial charge is 0.476 e. The van der Waals surface area contributed by atoms with Crippen molar-refractivity contribution >= 4 is 5.97 Å². The molecule has 0 aromatic carbocycles. The summed E-state index contributed by atoms with van der Waals surface area (Å²) in [5, 5.41) is 11.9. The van der Waals surface area contributed by atoms with Gasteiger partial charge in [-0.25, -0.2) is 9.78 Å². The second-order valence-corrected chi connectivity index (χ2v) is 3.16. The van der Waals surface area contributed by atoms with Gasteiger partial charge in [0.15, 0.2) is 5.69 Å². The van der Waals surface area contributed by atoms with E-state index in [4.69, 9.17) is 5.11 Å². The Morgan fingerprint density at radius 2 is 2.62 bits per heavy atom. The average Bonchev–Trinajstić information content (AvgIpc) is 2.49. The maximum absolute atomic E-state index is 10.6. The van der Waals surface area contributed by atoms with Crippen LogP contribution in [0.5, 0.6) is 0 Å². The standard InChI is InChI=1S/C8H11N3O2/c1-5-7-10-6(8(12)13)4-11(7)3-2-9-5/h4-5,9H,2-3H2,1H3,(H,12,13). The Balaban J connectivity index is 2.42. The van der Waals surface area contributed by atoms with Gasteiger partial charge in [0, 0.05) is 19.3 Å². The van der Waals surface area contributed by atoms with Crippen molar-refractivity contribution in [1.82, 2.24) is 14.9 Å². The lowest BCUT2D eigenvalue weighted by Crippen LogP contribution is -2.31. The summed E-state index contributed by atoms with van der Waals surface area (Å²) in [5.41, 5.74) is 0.130. The number of nitrogens with one attached hydrogen (secondary N) is 1. The first-order chi connectivity index (χ1) is 6.18. The molecule has 0 amide bonds. The smallest absolute Gasteiger partial charge is 0.356 e. The third kappa shape index (κ3) is 1.31. The fraction of sp³-hybridized carbons (Fsp3) is 0.500. The first-order valence-corrected chi connectivity index (χ1v) is 4.22. The molecule has 2 heterocycles. The van der Waals surface area contributed by atoms with Crippen LogP contribution in [0, 0.1) is 0 Å². The molecule has 0 radical (unpaired) electrons. The van der Waals surface area contributed by atoms with E-state index >= 15 is 0 Å². The molecule has 0 spiro atoms. The quantitative estimate of drug-likeness (QED) is 0.651. The molecule has 1 aliphatic heterocycles. The van der Waals surface area contributed by atoms with E-state index in [9.17, 15) is 4.79 Å². The van der Waals surface area contributed by atoms with Crippen molar-refractivity contribution in [3.05, 3.63) is 17.7 Å². The van der Waals surface area contributed by atoms with Gasteiger partial charge in [0.25, 0.3) is 0 Å². The number of hydrogen-bond acceptors (Lipinski definition) is 3. The summed E-state index contributed by atoms with van der Waals surface area (Å²) < 4.78 is 1.89. The molecular weight excluding hydrogens is 170 g/mol. The molecule has 0 saturated carbocycles. The maximum atomic E-state index is 10.6. The van der Waals surface area contributed by atoms with Crippen molar-refractivity contribution in [1.29, 1.82) is 0 Å². The van der Waals surface area contributed by atoms with E-state index in [0.717, 1.165) is 18.9 Å². The Hall–Kier alpha value is -1.36. The van der Waals surface area contributed by atoms with Crippen molar-refractivity contribution in [3.8, 4) is 0 Å². The van der Waals surface area contributed by atoms with Crippen LogP contribution >= 0.6 is 0 Å². The van der Waals surface area contributed by atoms with Gasteiger partial charge < -0.3 is 15.0 Å². The van der Waals surface area contributed by atoms with E-state index in [-0.39, 0.29) is 11.7 Å².